The van der Waals surface area contributed by atoms with Gasteiger partial charge in [0.2, 0.25) is 0 Å². The molecule has 1 aliphatic heterocycles. The number of quaternary nitrogens is 2. The maximum absolute atomic E-state index is 10.1. The van der Waals surface area contributed by atoms with Gasteiger partial charge in [-0.05, 0) is 31.0 Å². The topological polar surface area (TPSA) is 38.3 Å². The van der Waals surface area contributed by atoms with E-state index in [0.717, 1.165) is 30.9 Å². The van der Waals surface area contributed by atoms with Gasteiger partial charge in [0.1, 0.15) is 51.2 Å². The Morgan fingerprint density at radius 3 is 2.60 bits per heavy atom. The third kappa shape index (κ3) is 4.20. The molecule has 1 aromatic rings. The number of rotatable bonds is 5. The highest BCUT2D eigenvalue weighted by Gasteiger charge is 2.22. The molecule has 1 atom stereocenters. The van der Waals surface area contributed by atoms with Crippen LogP contribution in [0.3, 0.4) is 0 Å². The van der Waals surface area contributed by atoms with E-state index < -0.39 is 0 Å². The molecule has 1 fully saturated rings. The van der Waals surface area contributed by atoms with Crippen molar-refractivity contribution in [1.29, 1.82) is 0 Å². The molecule has 1 aromatic carbocycles. The molecule has 112 valence electrons. The molecule has 0 aromatic heterocycles. The van der Waals surface area contributed by atoms with E-state index >= 15 is 0 Å². The number of likely N-dealkylation sites (N-methyl/N-ethyl adjacent to an activating group) is 1. The summed E-state index contributed by atoms with van der Waals surface area (Å²) < 4.78 is 5.77. The SMILES string of the molecule is Cc1cccc(OC[C@H](O)C[NH+]2CC[NH+](C)CC2)c1C. The van der Waals surface area contributed by atoms with Gasteiger partial charge in [-0.25, -0.2) is 0 Å². The first-order valence-corrected chi connectivity index (χ1v) is 7.58. The number of ether oxygens (including phenoxy) is 1. The van der Waals surface area contributed by atoms with Crippen LogP contribution in [-0.4, -0.2) is 57.6 Å². The van der Waals surface area contributed by atoms with Gasteiger partial charge in [-0.15, -0.1) is 0 Å². The van der Waals surface area contributed by atoms with Crippen LogP contribution in [-0.2, 0) is 0 Å². The maximum Gasteiger partial charge on any atom is 0.137 e. The van der Waals surface area contributed by atoms with E-state index in [4.69, 9.17) is 4.74 Å². The van der Waals surface area contributed by atoms with Crippen molar-refractivity contribution in [3.8, 4) is 5.75 Å². The Labute approximate surface area is 122 Å². The molecule has 0 amide bonds. The van der Waals surface area contributed by atoms with Crippen LogP contribution in [0.5, 0.6) is 5.75 Å². The largest absolute Gasteiger partial charge is 0.490 e. The Kier molecular flexibility index (Phi) is 5.40. The fourth-order valence-electron chi connectivity index (χ4n) is 2.69. The molecule has 20 heavy (non-hydrogen) atoms. The summed E-state index contributed by atoms with van der Waals surface area (Å²) in [7, 11) is 2.23. The molecular weight excluding hydrogens is 252 g/mol. The van der Waals surface area contributed by atoms with Crippen molar-refractivity contribution in [2.75, 3.05) is 46.4 Å². The predicted molar refractivity (Wildman–Crippen MR) is 79.6 cm³/mol. The van der Waals surface area contributed by atoms with Crippen molar-refractivity contribution >= 4 is 0 Å². The van der Waals surface area contributed by atoms with Crippen LogP contribution in [0.2, 0.25) is 0 Å². The van der Waals surface area contributed by atoms with Gasteiger partial charge in [-0.1, -0.05) is 12.1 Å². The molecule has 0 bridgehead atoms. The van der Waals surface area contributed by atoms with Crippen molar-refractivity contribution in [1.82, 2.24) is 0 Å². The van der Waals surface area contributed by atoms with Crippen LogP contribution < -0.4 is 14.5 Å². The quantitative estimate of drug-likeness (QED) is 0.611. The number of aliphatic hydroxyl groups is 1. The zero-order valence-corrected chi connectivity index (χ0v) is 12.9. The molecule has 0 aliphatic carbocycles. The van der Waals surface area contributed by atoms with Crippen molar-refractivity contribution in [3.63, 3.8) is 0 Å². The van der Waals surface area contributed by atoms with E-state index in [0.29, 0.717) is 6.61 Å². The summed E-state index contributed by atoms with van der Waals surface area (Å²) in [4.78, 5) is 3.09. The van der Waals surface area contributed by atoms with E-state index in [1.807, 2.05) is 12.1 Å². The number of hydrogen-bond acceptors (Lipinski definition) is 2. The standard InChI is InChI=1S/C16H26N2O2/c1-13-5-4-6-16(14(13)2)20-12-15(19)11-18-9-7-17(3)8-10-18/h4-6,15,19H,7-12H2,1-3H3/p+2/t15-/m1/s1. The number of nitrogens with one attached hydrogen (secondary N) is 2. The minimum absolute atomic E-state index is 0.385. The third-order valence-corrected chi connectivity index (χ3v) is 4.32. The molecule has 4 nitrogen and oxygen atoms in total. The second-order valence-electron chi connectivity index (χ2n) is 6.07. The Hall–Kier alpha value is -1.10. The summed E-state index contributed by atoms with van der Waals surface area (Å²) in [5.74, 6) is 0.891. The highest BCUT2D eigenvalue weighted by molar-refractivity contribution is 5.38. The third-order valence-electron chi connectivity index (χ3n) is 4.32. The minimum atomic E-state index is -0.386. The van der Waals surface area contributed by atoms with Crippen molar-refractivity contribution in [3.05, 3.63) is 29.3 Å². The highest BCUT2D eigenvalue weighted by atomic mass is 16.5. The molecule has 0 spiro atoms. The van der Waals surface area contributed by atoms with Gasteiger partial charge in [0, 0.05) is 0 Å². The molecule has 0 radical (unpaired) electrons. The Morgan fingerprint density at radius 2 is 1.90 bits per heavy atom. The maximum atomic E-state index is 10.1. The van der Waals surface area contributed by atoms with E-state index in [-0.39, 0.29) is 6.10 Å². The van der Waals surface area contributed by atoms with Crippen LogP contribution in [0.15, 0.2) is 18.2 Å². The molecule has 0 unspecified atom stereocenters. The van der Waals surface area contributed by atoms with E-state index in [2.05, 4.69) is 27.0 Å². The second-order valence-corrected chi connectivity index (χ2v) is 6.07. The van der Waals surface area contributed by atoms with Gasteiger partial charge >= 0.3 is 0 Å². The molecule has 0 saturated carbocycles. The molecule has 3 N–H and O–H groups in total. The van der Waals surface area contributed by atoms with Crippen molar-refractivity contribution in [2.24, 2.45) is 0 Å². The lowest BCUT2D eigenvalue weighted by atomic mass is 10.1. The van der Waals surface area contributed by atoms with Gasteiger partial charge in [-0.3, -0.25) is 0 Å². The van der Waals surface area contributed by atoms with Gasteiger partial charge in [0.15, 0.2) is 0 Å². The monoisotopic (exact) mass is 280 g/mol. The number of benzene rings is 1. The highest BCUT2D eigenvalue weighted by Crippen LogP contribution is 2.20. The van der Waals surface area contributed by atoms with E-state index in [1.54, 1.807) is 4.90 Å². The fraction of sp³-hybridized carbons (Fsp3) is 0.625. The number of piperazine rings is 1. The lowest BCUT2D eigenvalue weighted by Crippen LogP contribution is -3.27. The second kappa shape index (κ2) is 7.07. The van der Waals surface area contributed by atoms with Crippen molar-refractivity contribution in [2.45, 2.75) is 20.0 Å². The Bertz CT molecular complexity index is 428. The Balaban J connectivity index is 1.77. The number of aryl methyl sites for hydroxylation is 1. The van der Waals surface area contributed by atoms with Gasteiger partial charge in [0.05, 0.1) is 7.05 Å². The lowest BCUT2D eigenvalue weighted by Gasteiger charge is -2.28. The van der Waals surface area contributed by atoms with Crippen molar-refractivity contribution < 1.29 is 19.6 Å². The predicted octanol–water partition coefficient (Wildman–Crippen LogP) is -1.54. The first-order valence-electron chi connectivity index (χ1n) is 7.58. The summed E-state index contributed by atoms with van der Waals surface area (Å²) in [5, 5.41) is 10.1. The first-order chi connectivity index (χ1) is 9.56. The smallest absolute Gasteiger partial charge is 0.137 e. The average molecular weight is 280 g/mol. The van der Waals surface area contributed by atoms with Gasteiger partial charge in [-0.2, -0.15) is 0 Å². The van der Waals surface area contributed by atoms with Gasteiger partial charge in [0.25, 0.3) is 0 Å². The lowest BCUT2D eigenvalue weighted by molar-refractivity contribution is -1.00. The molecule has 1 saturated heterocycles. The van der Waals surface area contributed by atoms with E-state index in [1.165, 1.54) is 23.6 Å². The van der Waals surface area contributed by atoms with Crippen LogP contribution in [0, 0.1) is 13.8 Å². The summed E-state index contributed by atoms with van der Waals surface area (Å²) in [6, 6.07) is 6.05. The molecule has 2 rings (SSSR count). The van der Waals surface area contributed by atoms with Crippen LogP contribution in [0.25, 0.3) is 0 Å². The summed E-state index contributed by atoms with van der Waals surface area (Å²) >= 11 is 0. The van der Waals surface area contributed by atoms with Crippen LogP contribution in [0.1, 0.15) is 11.1 Å². The van der Waals surface area contributed by atoms with E-state index in [9.17, 15) is 5.11 Å². The fourth-order valence-corrected chi connectivity index (χ4v) is 2.69. The minimum Gasteiger partial charge on any atom is -0.490 e. The summed E-state index contributed by atoms with van der Waals surface area (Å²) in [5.41, 5.74) is 2.39. The zero-order chi connectivity index (χ0) is 14.5. The Morgan fingerprint density at radius 1 is 1.20 bits per heavy atom. The molecule has 1 aliphatic rings. The summed E-state index contributed by atoms with van der Waals surface area (Å²) in [6.07, 6.45) is -0.386. The average Bonchev–Trinajstić information content (AvgIpc) is 2.43. The number of hydrogen-bond donors (Lipinski definition) is 3. The summed E-state index contributed by atoms with van der Waals surface area (Å²) in [6.45, 7) is 9.99. The molecule has 1 heterocycles. The normalized spacial score (nSPS) is 24.4. The molecular formula is C16H28N2O2+2. The zero-order valence-electron chi connectivity index (χ0n) is 12.9. The van der Waals surface area contributed by atoms with Gasteiger partial charge < -0.3 is 19.6 Å². The van der Waals surface area contributed by atoms with Crippen LogP contribution >= 0.6 is 0 Å². The molecule has 4 heteroatoms. The van der Waals surface area contributed by atoms with Crippen LogP contribution in [0.4, 0.5) is 0 Å². The first kappa shape index (κ1) is 15.3. The number of aliphatic hydroxyl groups excluding tert-OH is 1.